The number of nitrogens with zero attached hydrogens (tertiary/aromatic N) is 3. The lowest BCUT2D eigenvalue weighted by molar-refractivity contribution is 0.311. The molecule has 1 aromatic heterocycles. The van der Waals surface area contributed by atoms with Crippen LogP contribution >= 0.6 is 0 Å². The molecule has 5 nitrogen and oxygen atoms in total. The van der Waals surface area contributed by atoms with E-state index in [2.05, 4.69) is 20.2 Å². The van der Waals surface area contributed by atoms with E-state index >= 15 is 0 Å². The van der Waals surface area contributed by atoms with Crippen molar-refractivity contribution in [1.29, 1.82) is 0 Å². The van der Waals surface area contributed by atoms with Crippen LogP contribution in [-0.2, 0) is 0 Å². The van der Waals surface area contributed by atoms with Gasteiger partial charge < -0.3 is 15.3 Å². The fraction of sp³-hybridized carbons (Fsp3) is 0.636. The predicted octanol–water partition coefficient (Wildman–Crippen LogP) is 0.789. The maximum atomic E-state index is 8.76. The maximum absolute atomic E-state index is 8.76. The first kappa shape index (κ1) is 11.1. The normalized spacial score (nSPS) is 15.5. The smallest absolute Gasteiger partial charge is 0.134 e. The van der Waals surface area contributed by atoms with Crippen LogP contribution in [0.2, 0.25) is 0 Å². The van der Waals surface area contributed by atoms with Gasteiger partial charge >= 0.3 is 0 Å². The Hall–Kier alpha value is -1.36. The van der Waals surface area contributed by atoms with E-state index in [1.807, 2.05) is 13.0 Å². The molecule has 0 spiro atoms. The molecule has 0 aliphatic carbocycles. The summed E-state index contributed by atoms with van der Waals surface area (Å²) in [5.41, 5.74) is 0. The quantitative estimate of drug-likeness (QED) is 0.788. The second kappa shape index (κ2) is 5.12. The van der Waals surface area contributed by atoms with Gasteiger partial charge in [0.2, 0.25) is 0 Å². The van der Waals surface area contributed by atoms with E-state index in [1.54, 1.807) is 0 Å². The SMILES string of the molecule is Cc1nc(NCCO)cc(N2CCCC2)n1. The molecule has 1 aliphatic heterocycles. The third-order valence-corrected chi connectivity index (χ3v) is 2.67. The highest BCUT2D eigenvalue weighted by atomic mass is 16.3. The first-order valence-corrected chi connectivity index (χ1v) is 5.75. The third-order valence-electron chi connectivity index (χ3n) is 2.67. The van der Waals surface area contributed by atoms with Crippen LogP contribution in [0.4, 0.5) is 11.6 Å². The average Bonchev–Trinajstić information content (AvgIpc) is 2.79. The van der Waals surface area contributed by atoms with Crippen LogP contribution in [0.15, 0.2) is 6.07 Å². The monoisotopic (exact) mass is 222 g/mol. The molecule has 2 N–H and O–H groups in total. The molecule has 0 amide bonds. The van der Waals surface area contributed by atoms with E-state index in [1.165, 1.54) is 12.8 Å². The van der Waals surface area contributed by atoms with Crippen molar-refractivity contribution in [2.45, 2.75) is 19.8 Å². The van der Waals surface area contributed by atoms with Crippen molar-refractivity contribution in [3.05, 3.63) is 11.9 Å². The molecule has 0 unspecified atom stereocenters. The van der Waals surface area contributed by atoms with E-state index < -0.39 is 0 Å². The second-order valence-corrected chi connectivity index (χ2v) is 4.00. The Kier molecular flexibility index (Phi) is 3.56. The molecule has 0 saturated carbocycles. The molecule has 0 radical (unpaired) electrons. The minimum Gasteiger partial charge on any atom is -0.395 e. The topological polar surface area (TPSA) is 61.3 Å². The van der Waals surface area contributed by atoms with E-state index in [4.69, 9.17) is 5.11 Å². The first-order chi connectivity index (χ1) is 7.79. The van der Waals surface area contributed by atoms with Crippen LogP contribution in [0.1, 0.15) is 18.7 Å². The number of aliphatic hydroxyl groups is 1. The van der Waals surface area contributed by atoms with Gasteiger partial charge in [0.1, 0.15) is 17.5 Å². The number of anilines is 2. The molecule has 1 aromatic rings. The molecule has 1 fully saturated rings. The highest BCUT2D eigenvalue weighted by Crippen LogP contribution is 2.20. The predicted molar refractivity (Wildman–Crippen MR) is 63.8 cm³/mol. The fourth-order valence-electron chi connectivity index (χ4n) is 1.93. The Morgan fingerprint density at radius 2 is 2.12 bits per heavy atom. The van der Waals surface area contributed by atoms with Crippen LogP contribution in [0, 0.1) is 6.92 Å². The van der Waals surface area contributed by atoms with Crippen molar-refractivity contribution in [2.24, 2.45) is 0 Å². The molecular formula is C11H18N4O. The van der Waals surface area contributed by atoms with Crippen LogP contribution in [-0.4, -0.2) is 41.3 Å². The van der Waals surface area contributed by atoms with Crippen molar-refractivity contribution in [1.82, 2.24) is 9.97 Å². The summed E-state index contributed by atoms with van der Waals surface area (Å²) in [6, 6.07) is 1.95. The molecule has 1 aliphatic rings. The molecule has 2 heterocycles. The summed E-state index contributed by atoms with van der Waals surface area (Å²) in [5.74, 6) is 2.55. The number of aryl methyl sites for hydroxylation is 1. The van der Waals surface area contributed by atoms with Crippen LogP contribution in [0.5, 0.6) is 0 Å². The third kappa shape index (κ3) is 2.61. The van der Waals surface area contributed by atoms with Gasteiger partial charge in [-0.15, -0.1) is 0 Å². The number of nitrogens with one attached hydrogen (secondary N) is 1. The van der Waals surface area contributed by atoms with Crippen molar-refractivity contribution in [3.63, 3.8) is 0 Å². The van der Waals surface area contributed by atoms with Crippen molar-refractivity contribution >= 4 is 11.6 Å². The highest BCUT2D eigenvalue weighted by Gasteiger charge is 2.14. The number of hydrogen-bond donors (Lipinski definition) is 2. The largest absolute Gasteiger partial charge is 0.395 e. The molecule has 0 atom stereocenters. The van der Waals surface area contributed by atoms with Crippen LogP contribution in [0.3, 0.4) is 0 Å². The van der Waals surface area contributed by atoms with E-state index in [0.29, 0.717) is 6.54 Å². The number of hydrogen-bond acceptors (Lipinski definition) is 5. The van der Waals surface area contributed by atoms with E-state index in [-0.39, 0.29) is 6.61 Å². The Morgan fingerprint density at radius 1 is 1.38 bits per heavy atom. The molecule has 2 rings (SSSR count). The molecular weight excluding hydrogens is 204 g/mol. The molecule has 16 heavy (non-hydrogen) atoms. The lowest BCUT2D eigenvalue weighted by atomic mass is 10.4. The van der Waals surface area contributed by atoms with Gasteiger partial charge in [0.05, 0.1) is 6.61 Å². The summed E-state index contributed by atoms with van der Waals surface area (Å²) in [7, 11) is 0. The number of aliphatic hydroxyl groups excluding tert-OH is 1. The zero-order valence-electron chi connectivity index (χ0n) is 9.61. The van der Waals surface area contributed by atoms with Gasteiger partial charge in [-0.1, -0.05) is 0 Å². The lowest BCUT2D eigenvalue weighted by Crippen LogP contribution is -2.20. The maximum Gasteiger partial charge on any atom is 0.134 e. The number of rotatable bonds is 4. The second-order valence-electron chi connectivity index (χ2n) is 4.00. The van der Waals surface area contributed by atoms with Crippen LogP contribution < -0.4 is 10.2 Å². The Bertz CT molecular complexity index is 350. The van der Waals surface area contributed by atoms with Crippen molar-refractivity contribution in [3.8, 4) is 0 Å². The summed E-state index contributed by atoms with van der Waals surface area (Å²) in [6.07, 6.45) is 2.48. The summed E-state index contributed by atoms with van der Waals surface area (Å²) in [6.45, 7) is 4.69. The molecule has 5 heteroatoms. The fourth-order valence-corrected chi connectivity index (χ4v) is 1.93. The summed E-state index contributed by atoms with van der Waals surface area (Å²) in [5, 5.41) is 11.8. The minimum atomic E-state index is 0.113. The summed E-state index contributed by atoms with van der Waals surface area (Å²) in [4.78, 5) is 11.0. The van der Waals surface area contributed by atoms with E-state index in [9.17, 15) is 0 Å². The molecule has 0 aromatic carbocycles. The van der Waals surface area contributed by atoms with Gasteiger partial charge in [-0.3, -0.25) is 0 Å². The Morgan fingerprint density at radius 3 is 2.81 bits per heavy atom. The lowest BCUT2D eigenvalue weighted by Gasteiger charge is -2.17. The number of aromatic nitrogens is 2. The zero-order chi connectivity index (χ0) is 11.4. The molecule has 1 saturated heterocycles. The molecule has 88 valence electrons. The van der Waals surface area contributed by atoms with Gasteiger partial charge in [-0.05, 0) is 19.8 Å². The van der Waals surface area contributed by atoms with E-state index in [0.717, 1.165) is 30.5 Å². The summed E-state index contributed by atoms with van der Waals surface area (Å²) < 4.78 is 0. The molecule has 0 bridgehead atoms. The van der Waals surface area contributed by atoms with Gasteiger partial charge in [0.15, 0.2) is 0 Å². The average molecular weight is 222 g/mol. The highest BCUT2D eigenvalue weighted by molar-refractivity contribution is 5.49. The first-order valence-electron chi connectivity index (χ1n) is 5.75. The van der Waals surface area contributed by atoms with Crippen molar-refractivity contribution in [2.75, 3.05) is 36.5 Å². The zero-order valence-corrected chi connectivity index (χ0v) is 9.61. The van der Waals surface area contributed by atoms with Gasteiger partial charge in [0, 0.05) is 25.7 Å². The summed E-state index contributed by atoms with van der Waals surface area (Å²) >= 11 is 0. The standard InChI is InChI=1S/C11H18N4O/c1-9-13-10(12-4-7-16)8-11(14-9)15-5-2-3-6-15/h8,16H,2-7H2,1H3,(H,12,13,14). The van der Waals surface area contributed by atoms with Gasteiger partial charge in [-0.25, -0.2) is 9.97 Å². The van der Waals surface area contributed by atoms with Gasteiger partial charge in [0.25, 0.3) is 0 Å². The minimum absolute atomic E-state index is 0.113. The Labute approximate surface area is 95.5 Å². The van der Waals surface area contributed by atoms with Gasteiger partial charge in [-0.2, -0.15) is 0 Å². The Balaban J connectivity index is 2.14. The van der Waals surface area contributed by atoms with Crippen LogP contribution in [0.25, 0.3) is 0 Å². The van der Waals surface area contributed by atoms with Crippen molar-refractivity contribution < 1.29 is 5.11 Å².